The van der Waals surface area contributed by atoms with E-state index in [9.17, 15) is 18.3 Å². The molecule has 1 unspecified atom stereocenters. The van der Waals surface area contributed by atoms with Crippen LogP contribution in [0.3, 0.4) is 0 Å². The second kappa shape index (κ2) is 12.4. The van der Waals surface area contributed by atoms with Crippen LogP contribution in [0.5, 0.6) is 0 Å². The maximum Gasteiger partial charge on any atom is 0.433 e. The molecule has 1 saturated carbocycles. The Labute approximate surface area is 225 Å². The summed E-state index contributed by atoms with van der Waals surface area (Å²) < 4.78 is 44.4. The van der Waals surface area contributed by atoms with Crippen molar-refractivity contribution in [3.8, 4) is 0 Å². The maximum absolute atomic E-state index is 13.0. The number of alkyl halides is 3. The van der Waals surface area contributed by atoms with Gasteiger partial charge in [-0.05, 0) is 49.0 Å². The molecule has 4 rings (SSSR count). The van der Waals surface area contributed by atoms with E-state index in [0.29, 0.717) is 32.7 Å². The molecule has 2 aliphatic rings. The Kier molecular flexibility index (Phi) is 9.22. The van der Waals surface area contributed by atoms with E-state index in [1.807, 2.05) is 6.08 Å². The third kappa shape index (κ3) is 7.21. The molecule has 3 heterocycles. The SMILES string of the molecule is C=C(/C=C(\C=C\Nc1nccc(C(F)(F)F)n1)N1CCOCC1)c1cnc(C(O)(CCCCC)C2CC2)s1. The van der Waals surface area contributed by atoms with Crippen molar-refractivity contribution in [2.75, 3.05) is 31.6 Å². The molecule has 2 aromatic heterocycles. The molecule has 206 valence electrons. The first kappa shape index (κ1) is 28.3. The molecule has 1 aliphatic heterocycles. The number of allylic oxidation sites excluding steroid dienone is 3. The van der Waals surface area contributed by atoms with Gasteiger partial charge >= 0.3 is 6.18 Å². The van der Waals surface area contributed by atoms with E-state index in [1.54, 1.807) is 12.3 Å². The van der Waals surface area contributed by atoms with Crippen LogP contribution in [0.15, 0.2) is 49.1 Å². The Balaban J connectivity index is 1.51. The normalized spacial score (nSPS) is 18.6. The molecule has 0 radical (unpaired) electrons. The van der Waals surface area contributed by atoms with Gasteiger partial charge in [-0.3, -0.25) is 0 Å². The number of aliphatic hydroxyl groups is 1. The molecule has 0 spiro atoms. The van der Waals surface area contributed by atoms with Gasteiger partial charge in [-0.15, -0.1) is 11.3 Å². The zero-order valence-electron chi connectivity index (χ0n) is 21.5. The lowest BCUT2D eigenvalue weighted by atomic mass is 9.91. The fourth-order valence-electron chi connectivity index (χ4n) is 4.42. The van der Waals surface area contributed by atoms with Crippen molar-refractivity contribution in [3.05, 3.63) is 64.7 Å². The van der Waals surface area contributed by atoms with Gasteiger partial charge in [0, 0.05) is 37.4 Å². The molecule has 0 aromatic carbocycles. The van der Waals surface area contributed by atoms with Crippen molar-refractivity contribution in [1.29, 1.82) is 0 Å². The average Bonchev–Trinajstić information content (AvgIpc) is 3.65. The van der Waals surface area contributed by atoms with Crippen molar-refractivity contribution in [2.24, 2.45) is 5.92 Å². The third-order valence-electron chi connectivity index (χ3n) is 6.72. The van der Waals surface area contributed by atoms with Crippen LogP contribution in [-0.4, -0.2) is 51.3 Å². The zero-order chi connectivity index (χ0) is 27.2. The Morgan fingerprint density at radius 1 is 1.26 bits per heavy atom. The number of ether oxygens (including phenoxy) is 1. The number of morpholine rings is 1. The van der Waals surface area contributed by atoms with E-state index < -0.39 is 17.5 Å². The second-order valence-corrected chi connectivity index (χ2v) is 10.7. The summed E-state index contributed by atoms with van der Waals surface area (Å²) in [7, 11) is 0. The standard InChI is InChI=1S/C27H34F3N5O2S/c1-3-4-5-10-26(36,20-6-7-20)24-33-18-22(38-24)19(2)17-21(35-13-15-37-16-14-35)8-11-31-25-32-12-9-23(34-25)27(28,29)30/h8-9,11-12,17-18,20,36H,2-7,10,13-16H2,1H3,(H,31,32,34)/b11-8+,21-17+. The van der Waals surface area contributed by atoms with Crippen LogP contribution in [0.4, 0.5) is 19.1 Å². The molecular formula is C27H34F3N5O2S. The minimum atomic E-state index is -4.55. The van der Waals surface area contributed by atoms with Crippen LogP contribution in [0.1, 0.15) is 61.0 Å². The van der Waals surface area contributed by atoms with Crippen molar-refractivity contribution < 1.29 is 23.0 Å². The number of nitrogens with one attached hydrogen (secondary N) is 1. The Morgan fingerprint density at radius 2 is 2.03 bits per heavy atom. The second-order valence-electron chi connectivity index (χ2n) is 9.62. The van der Waals surface area contributed by atoms with Crippen molar-refractivity contribution in [1.82, 2.24) is 19.9 Å². The average molecular weight is 550 g/mol. The largest absolute Gasteiger partial charge is 0.433 e. The van der Waals surface area contributed by atoms with Gasteiger partial charge in [-0.1, -0.05) is 32.8 Å². The molecule has 2 aromatic rings. The summed E-state index contributed by atoms with van der Waals surface area (Å²) in [6, 6.07) is 0.829. The van der Waals surface area contributed by atoms with Crippen LogP contribution in [0, 0.1) is 5.92 Å². The minimum absolute atomic E-state index is 0.147. The summed E-state index contributed by atoms with van der Waals surface area (Å²) in [5.41, 5.74) is -0.346. The summed E-state index contributed by atoms with van der Waals surface area (Å²) in [5.74, 6) is 0.115. The van der Waals surface area contributed by atoms with Crippen LogP contribution < -0.4 is 5.32 Å². The van der Waals surface area contributed by atoms with Gasteiger partial charge in [0.2, 0.25) is 5.95 Å². The number of hydrogen-bond donors (Lipinski definition) is 2. The summed E-state index contributed by atoms with van der Waals surface area (Å²) >= 11 is 1.47. The van der Waals surface area contributed by atoms with Crippen LogP contribution >= 0.6 is 11.3 Å². The first-order valence-electron chi connectivity index (χ1n) is 13.0. The van der Waals surface area contributed by atoms with Gasteiger partial charge in [0.25, 0.3) is 0 Å². The fraction of sp³-hybridized carbons (Fsp3) is 0.519. The lowest BCUT2D eigenvalue weighted by molar-refractivity contribution is -0.141. The minimum Gasteiger partial charge on any atom is -0.382 e. The van der Waals surface area contributed by atoms with E-state index in [2.05, 4.69) is 38.7 Å². The number of thiazole rings is 1. The highest BCUT2D eigenvalue weighted by Crippen LogP contribution is 2.50. The monoisotopic (exact) mass is 549 g/mol. The molecule has 2 fully saturated rings. The highest BCUT2D eigenvalue weighted by molar-refractivity contribution is 7.12. The van der Waals surface area contributed by atoms with Gasteiger partial charge in [-0.2, -0.15) is 13.2 Å². The van der Waals surface area contributed by atoms with Crippen molar-refractivity contribution in [3.63, 3.8) is 0 Å². The first-order chi connectivity index (χ1) is 18.2. The Morgan fingerprint density at radius 3 is 2.71 bits per heavy atom. The summed E-state index contributed by atoms with van der Waals surface area (Å²) in [5, 5.41) is 15.0. The molecule has 38 heavy (non-hydrogen) atoms. The predicted octanol–water partition coefficient (Wildman–Crippen LogP) is 5.98. The van der Waals surface area contributed by atoms with E-state index in [0.717, 1.165) is 65.5 Å². The molecule has 1 saturated heterocycles. The summed E-state index contributed by atoms with van der Waals surface area (Å²) in [4.78, 5) is 15.0. The fourth-order valence-corrected chi connectivity index (χ4v) is 5.47. The van der Waals surface area contributed by atoms with E-state index >= 15 is 0 Å². The van der Waals surface area contributed by atoms with Crippen molar-refractivity contribution >= 4 is 22.9 Å². The Hall–Kier alpha value is -2.76. The number of halogens is 3. The number of unbranched alkanes of at least 4 members (excludes halogenated alkanes) is 2. The molecule has 1 atom stereocenters. The Bertz CT molecular complexity index is 1160. The number of aromatic nitrogens is 3. The van der Waals surface area contributed by atoms with Crippen molar-refractivity contribution in [2.45, 2.75) is 57.2 Å². The highest BCUT2D eigenvalue weighted by Gasteiger charge is 2.46. The molecule has 1 aliphatic carbocycles. The predicted molar refractivity (Wildman–Crippen MR) is 142 cm³/mol. The lowest BCUT2D eigenvalue weighted by Crippen LogP contribution is -2.35. The maximum atomic E-state index is 13.0. The molecular weight excluding hydrogens is 515 g/mol. The van der Waals surface area contributed by atoms with Gasteiger partial charge in [0.1, 0.15) is 16.3 Å². The number of nitrogens with zero attached hydrogens (tertiary/aromatic N) is 4. The van der Waals surface area contributed by atoms with Gasteiger partial charge in [-0.25, -0.2) is 15.0 Å². The topological polar surface area (TPSA) is 83.4 Å². The number of rotatable bonds is 12. The van der Waals surface area contributed by atoms with Crippen LogP contribution in [0.2, 0.25) is 0 Å². The lowest BCUT2D eigenvalue weighted by Gasteiger charge is -2.30. The number of hydrogen-bond acceptors (Lipinski definition) is 8. The van der Waals surface area contributed by atoms with E-state index in [4.69, 9.17) is 4.74 Å². The highest BCUT2D eigenvalue weighted by atomic mass is 32.1. The summed E-state index contributed by atoms with van der Waals surface area (Å²) in [6.45, 7) is 8.86. The smallest absolute Gasteiger partial charge is 0.382 e. The van der Waals surface area contributed by atoms with Gasteiger partial charge < -0.3 is 20.1 Å². The molecule has 11 heteroatoms. The molecule has 0 amide bonds. The number of anilines is 1. The third-order valence-corrected chi connectivity index (χ3v) is 7.96. The van der Waals surface area contributed by atoms with Crippen LogP contribution in [-0.2, 0) is 16.5 Å². The zero-order valence-corrected chi connectivity index (χ0v) is 22.3. The van der Waals surface area contributed by atoms with E-state index in [-0.39, 0.29) is 11.9 Å². The van der Waals surface area contributed by atoms with Gasteiger partial charge in [0.15, 0.2) is 0 Å². The molecule has 2 N–H and O–H groups in total. The van der Waals surface area contributed by atoms with Crippen LogP contribution in [0.25, 0.3) is 5.57 Å². The summed E-state index contributed by atoms with van der Waals surface area (Å²) in [6.07, 6.45) is 9.38. The van der Waals surface area contributed by atoms with E-state index in [1.165, 1.54) is 17.5 Å². The quantitative estimate of drug-likeness (QED) is 0.249. The molecule has 0 bridgehead atoms. The first-order valence-corrected chi connectivity index (χ1v) is 13.8. The molecule has 7 nitrogen and oxygen atoms in total. The van der Waals surface area contributed by atoms with Gasteiger partial charge in [0.05, 0.1) is 18.1 Å².